The number of amides is 1. The highest BCUT2D eigenvalue weighted by Gasteiger charge is 2.42. The van der Waals surface area contributed by atoms with Crippen LogP contribution in [0.1, 0.15) is 12.8 Å². The fourth-order valence-electron chi connectivity index (χ4n) is 2.10. The molecule has 0 spiro atoms. The lowest BCUT2D eigenvalue weighted by Crippen LogP contribution is -2.52. The van der Waals surface area contributed by atoms with Crippen molar-refractivity contribution in [2.24, 2.45) is 0 Å². The van der Waals surface area contributed by atoms with E-state index in [-0.39, 0.29) is 19.0 Å². The normalized spacial score (nSPS) is 17.8. The molecule has 1 heterocycles. The molecule has 0 aliphatic carbocycles. The van der Waals surface area contributed by atoms with E-state index in [1.807, 2.05) is 0 Å². The predicted molar refractivity (Wildman–Crippen MR) is 67.1 cm³/mol. The van der Waals surface area contributed by atoms with Crippen LogP contribution in [0.15, 0.2) is 0 Å². The average Bonchev–Trinajstić information content (AvgIpc) is 2.39. The highest BCUT2D eigenvalue weighted by atomic mass is 19.3. The summed E-state index contributed by atoms with van der Waals surface area (Å²) in [6.07, 6.45) is -2.52. The Bertz CT molecular complexity index is 307. The van der Waals surface area contributed by atoms with Crippen LogP contribution in [-0.4, -0.2) is 74.4 Å². The Hall–Kier alpha value is -0.890. The van der Waals surface area contributed by atoms with E-state index in [0.29, 0.717) is 19.5 Å². The average molecular weight is 299 g/mol. The molecule has 20 heavy (non-hydrogen) atoms. The second-order valence-electron chi connectivity index (χ2n) is 4.93. The summed E-state index contributed by atoms with van der Waals surface area (Å²) in [5.74, 6) is -4.00. The van der Waals surface area contributed by atoms with E-state index in [2.05, 4.69) is 5.32 Å². The standard InChI is InChI=1S/C12H21F4N3O/c1-17-4-2-3-10(20)19-7-5-18(6-8-19)9-12(15,16)11(13)14/h11,17H,2-9H2,1H3. The SMILES string of the molecule is CNCCCC(=O)N1CCN(CC(F)(F)C(F)F)CC1. The minimum Gasteiger partial charge on any atom is -0.340 e. The second kappa shape index (κ2) is 7.78. The molecule has 1 N–H and O–H groups in total. The number of hydrogen-bond acceptors (Lipinski definition) is 3. The molecule has 4 nitrogen and oxygen atoms in total. The smallest absolute Gasteiger partial charge is 0.319 e. The number of alkyl halides is 4. The van der Waals surface area contributed by atoms with Crippen molar-refractivity contribution in [3.8, 4) is 0 Å². The molecule has 0 bridgehead atoms. The van der Waals surface area contributed by atoms with E-state index in [1.165, 1.54) is 4.90 Å². The van der Waals surface area contributed by atoms with Gasteiger partial charge in [0, 0.05) is 32.6 Å². The van der Waals surface area contributed by atoms with Crippen molar-refractivity contribution in [1.29, 1.82) is 0 Å². The van der Waals surface area contributed by atoms with E-state index >= 15 is 0 Å². The molecule has 1 aliphatic rings. The maximum Gasteiger partial charge on any atom is 0.319 e. The second-order valence-corrected chi connectivity index (χ2v) is 4.93. The van der Waals surface area contributed by atoms with Crippen LogP contribution in [0.3, 0.4) is 0 Å². The summed E-state index contributed by atoms with van der Waals surface area (Å²) in [7, 11) is 1.80. The van der Waals surface area contributed by atoms with Crippen molar-refractivity contribution in [3.05, 3.63) is 0 Å². The van der Waals surface area contributed by atoms with Crippen LogP contribution in [0.5, 0.6) is 0 Å². The van der Waals surface area contributed by atoms with Gasteiger partial charge in [-0.2, -0.15) is 8.78 Å². The molecule has 0 unspecified atom stereocenters. The van der Waals surface area contributed by atoms with E-state index < -0.39 is 18.9 Å². The first-order chi connectivity index (χ1) is 9.36. The summed E-state index contributed by atoms with van der Waals surface area (Å²) >= 11 is 0. The zero-order valence-corrected chi connectivity index (χ0v) is 11.5. The quantitative estimate of drug-likeness (QED) is 0.563. The van der Waals surface area contributed by atoms with Gasteiger partial charge in [-0.1, -0.05) is 0 Å². The number of hydrogen-bond donors (Lipinski definition) is 1. The largest absolute Gasteiger partial charge is 0.340 e. The molecular formula is C12H21F4N3O. The third-order valence-corrected chi connectivity index (χ3v) is 3.30. The number of nitrogens with one attached hydrogen (secondary N) is 1. The van der Waals surface area contributed by atoms with Crippen molar-refractivity contribution in [1.82, 2.24) is 15.1 Å². The predicted octanol–water partition coefficient (Wildman–Crippen LogP) is 1.03. The minimum absolute atomic E-state index is 0.0134. The number of piperazine rings is 1. The molecule has 0 aromatic rings. The van der Waals surface area contributed by atoms with Gasteiger partial charge in [-0.05, 0) is 20.0 Å². The third-order valence-electron chi connectivity index (χ3n) is 3.30. The lowest BCUT2D eigenvalue weighted by atomic mass is 10.2. The highest BCUT2D eigenvalue weighted by molar-refractivity contribution is 5.76. The van der Waals surface area contributed by atoms with Crippen LogP contribution >= 0.6 is 0 Å². The first-order valence-electron chi connectivity index (χ1n) is 6.67. The number of halogens is 4. The summed E-state index contributed by atoms with van der Waals surface area (Å²) in [6, 6.07) is 0. The number of carbonyl (C=O) groups is 1. The molecule has 1 amide bonds. The van der Waals surface area contributed by atoms with Crippen molar-refractivity contribution in [2.45, 2.75) is 25.2 Å². The van der Waals surface area contributed by atoms with Gasteiger partial charge in [-0.3, -0.25) is 9.69 Å². The van der Waals surface area contributed by atoms with Crippen LogP contribution in [-0.2, 0) is 4.79 Å². The molecule has 0 radical (unpaired) electrons. The van der Waals surface area contributed by atoms with Crippen molar-refractivity contribution in [3.63, 3.8) is 0 Å². The summed E-state index contributed by atoms with van der Waals surface area (Å²) in [5, 5.41) is 2.94. The Balaban J connectivity index is 2.31. The molecule has 0 atom stereocenters. The number of carbonyl (C=O) groups excluding carboxylic acids is 1. The van der Waals surface area contributed by atoms with Crippen molar-refractivity contribution in [2.75, 3.05) is 46.3 Å². The monoisotopic (exact) mass is 299 g/mol. The fourth-order valence-corrected chi connectivity index (χ4v) is 2.10. The molecule has 118 valence electrons. The highest BCUT2D eigenvalue weighted by Crippen LogP contribution is 2.24. The number of rotatable bonds is 7. The van der Waals surface area contributed by atoms with Gasteiger partial charge in [0.25, 0.3) is 0 Å². The van der Waals surface area contributed by atoms with Crippen LogP contribution in [0.25, 0.3) is 0 Å². The molecule has 1 aliphatic heterocycles. The molecular weight excluding hydrogens is 278 g/mol. The Kier molecular flexibility index (Phi) is 6.67. The zero-order chi connectivity index (χ0) is 15.2. The molecule has 1 fully saturated rings. The summed E-state index contributed by atoms with van der Waals surface area (Å²) < 4.78 is 50.0. The van der Waals surface area contributed by atoms with Crippen LogP contribution in [0.4, 0.5) is 17.6 Å². The van der Waals surface area contributed by atoms with Gasteiger partial charge in [-0.25, -0.2) is 8.78 Å². The first kappa shape index (κ1) is 17.2. The zero-order valence-electron chi connectivity index (χ0n) is 11.5. The van der Waals surface area contributed by atoms with Crippen LogP contribution < -0.4 is 5.32 Å². The van der Waals surface area contributed by atoms with E-state index in [1.54, 1.807) is 11.9 Å². The van der Waals surface area contributed by atoms with Gasteiger partial charge in [0.2, 0.25) is 5.91 Å². The van der Waals surface area contributed by atoms with Crippen LogP contribution in [0, 0.1) is 0 Å². The van der Waals surface area contributed by atoms with Gasteiger partial charge < -0.3 is 10.2 Å². The molecule has 0 saturated carbocycles. The topological polar surface area (TPSA) is 35.6 Å². The fraction of sp³-hybridized carbons (Fsp3) is 0.917. The summed E-state index contributed by atoms with van der Waals surface area (Å²) in [5.41, 5.74) is 0. The third kappa shape index (κ3) is 5.24. The number of nitrogens with zero attached hydrogens (tertiary/aromatic N) is 2. The van der Waals surface area contributed by atoms with E-state index in [9.17, 15) is 22.4 Å². The Morgan fingerprint density at radius 3 is 2.35 bits per heavy atom. The van der Waals surface area contributed by atoms with E-state index in [0.717, 1.165) is 13.0 Å². The lowest BCUT2D eigenvalue weighted by molar-refractivity contribution is -0.148. The van der Waals surface area contributed by atoms with Gasteiger partial charge in [0.1, 0.15) is 0 Å². The maximum absolute atomic E-state index is 12.9. The Morgan fingerprint density at radius 1 is 1.25 bits per heavy atom. The Morgan fingerprint density at radius 2 is 1.85 bits per heavy atom. The van der Waals surface area contributed by atoms with E-state index in [4.69, 9.17) is 0 Å². The minimum atomic E-state index is -3.99. The lowest BCUT2D eigenvalue weighted by Gasteiger charge is -2.36. The van der Waals surface area contributed by atoms with Gasteiger partial charge in [0.05, 0.1) is 6.54 Å². The summed E-state index contributed by atoms with van der Waals surface area (Å²) in [4.78, 5) is 14.7. The van der Waals surface area contributed by atoms with Gasteiger partial charge in [-0.15, -0.1) is 0 Å². The maximum atomic E-state index is 12.9. The van der Waals surface area contributed by atoms with Crippen LogP contribution in [0.2, 0.25) is 0 Å². The Labute approximate surface area is 116 Å². The molecule has 1 saturated heterocycles. The van der Waals surface area contributed by atoms with Gasteiger partial charge >= 0.3 is 12.3 Å². The molecule has 1 rings (SSSR count). The summed E-state index contributed by atoms with van der Waals surface area (Å²) in [6.45, 7) is 0.842. The molecule has 0 aromatic heterocycles. The van der Waals surface area contributed by atoms with Gasteiger partial charge in [0.15, 0.2) is 0 Å². The molecule has 8 heteroatoms. The van der Waals surface area contributed by atoms with Crippen molar-refractivity contribution >= 4 is 5.91 Å². The van der Waals surface area contributed by atoms with Crippen molar-refractivity contribution < 1.29 is 22.4 Å². The first-order valence-corrected chi connectivity index (χ1v) is 6.67. The molecule has 0 aromatic carbocycles.